The molecule has 1 aromatic rings. The molecule has 106 valence electrons. The monoisotopic (exact) mass is 285 g/mol. The summed E-state index contributed by atoms with van der Waals surface area (Å²) in [5.74, 6) is 0.543. The van der Waals surface area contributed by atoms with Crippen LogP contribution < -0.4 is 9.46 Å². The standard InChI is InChI=1S/C13H19NO4S/c1-18-12-4-2-3-5-13(12)19(16,17)14-9-10-6-7-11(15)8-10/h2-5,10-11,14-15H,6-9H2,1H3. The molecule has 19 heavy (non-hydrogen) atoms. The molecule has 2 rings (SSSR count). The summed E-state index contributed by atoms with van der Waals surface area (Å²) < 4.78 is 32.0. The first-order chi connectivity index (χ1) is 9.03. The van der Waals surface area contributed by atoms with E-state index in [2.05, 4.69) is 4.72 Å². The van der Waals surface area contributed by atoms with Gasteiger partial charge in [-0.1, -0.05) is 12.1 Å². The molecule has 2 unspecified atom stereocenters. The van der Waals surface area contributed by atoms with E-state index in [-0.39, 0.29) is 16.9 Å². The van der Waals surface area contributed by atoms with Gasteiger partial charge in [0.05, 0.1) is 13.2 Å². The average molecular weight is 285 g/mol. The van der Waals surface area contributed by atoms with Crippen molar-refractivity contribution >= 4 is 10.0 Å². The van der Waals surface area contributed by atoms with Gasteiger partial charge in [0.1, 0.15) is 10.6 Å². The second-order valence-corrected chi connectivity index (χ2v) is 6.57. The Hall–Kier alpha value is -1.11. The summed E-state index contributed by atoms with van der Waals surface area (Å²) in [6, 6.07) is 6.53. The fourth-order valence-corrected chi connectivity index (χ4v) is 3.66. The smallest absolute Gasteiger partial charge is 0.244 e. The fraction of sp³-hybridized carbons (Fsp3) is 0.538. The van der Waals surface area contributed by atoms with Gasteiger partial charge in [-0.3, -0.25) is 0 Å². The molecule has 0 amide bonds. The van der Waals surface area contributed by atoms with E-state index in [0.717, 1.165) is 12.8 Å². The molecule has 0 saturated heterocycles. The lowest BCUT2D eigenvalue weighted by atomic mass is 10.1. The summed E-state index contributed by atoms with van der Waals surface area (Å²) in [5.41, 5.74) is 0. The maximum atomic E-state index is 12.2. The number of aliphatic hydroxyl groups is 1. The number of hydrogen-bond acceptors (Lipinski definition) is 4. The average Bonchev–Trinajstić information content (AvgIpc) is 2.82. The molecule has 0 radical (unpaired) electrons. The van der Waals surface area contributed by atoms with E-state index in [1.807, 2.05) is 0 Å². The Morgan fingerprint density at radius 2 is 2.11 bits per heavy atom. The van der Waals surface area contributed by atoms with Crippen molar-refractivity contribution in [1.82, 2.24) is 4.72 Å². The molecule has 5 nitrogen and oxygen atoms in total. The Morgan fingerprint density at radius 1 is 1.37 bits per heavy atom. The zero-order chi connectivity index (χ0) is 13.9. The molecule has 0 aliphatic heterocycles. The highest BCUT2D eigenvalue weighted by atomic mass is 32.2. The van der Waals surface area contributed by atoms with E-state index in [4.69, 9.17) is 4.74 Å². The molecule has 2 N–H and O–H groups in total. The minimum absolute atomic E-state index is 0.149. The minimum Gasteiger partial charge on any atom is -0.495 e. The number of aliphatic hydroxyl groups excluding tert-OH is 1. The topological polar surface area (TPSA) is 75.6 Å². The first-order valence-corrected chi connectivity index (χ1v) is 7.82. The molecule has 1 aliphatic carbocycles. The predicted octanol–water partition coefficient (Wildman–Crippen LogP) is 1.13. The molecule has 2 atom stereocenters. The van der Waals surface area contributed by atoms with Crippen molar-refractivity contribution in [2.24, 2.45) is 5.92 Å². The lowest BCUT2D eigenvalue weighted by molar-refractivity contribution is 0.178. The third kappa shape index (κ3) is 3.46. The molecule has 0 bridgehead atoms. The second-order valence-electron chi connectivity index (χ2n) is 4.84. The number of nitrogens with one attached hydrogen (secondary N) is 1. The summed E-state index contributed by atoms with van der Waals surface area (Å²) in [6.45, 7) is 0.359. The Bertz CT molecular complexity index is 529. The molecule has 6 heteroatoms. The maximum Gasteiger partial charge on any atom is 0.244 e. The number of rotatable bonds is 5. The fourth-order valence-electron chi connectivity index (χ4n) is 2.38. The SMILES string of the molecule is COc1ccccc1S(=O)(=O)NCC1CCC(O)C1. The van der Waals surface area contributed by atoms with Crippen molar-refractivity contribution in [3.05, 3.63) is 24.3 Å². The third-order valence-electron chi connectivity index (χ3n) is 3.43. The predicted molar refractivity (Wildman–Crippen MR) is 71.5 cm³/mol. The Morgan fingerprint density at radius 3 is 2.74 bits per heavy atom. The molecular weight excluding hydrogens is 266 g/mol. The van der Waals surface area contributed by atoms with Gasteiger partial charge >= 0.3 is 0 Å². The van der Waals surface area contributed by atoms with Crippen LogP contribution >= 0.6 is 0 Å². The summed E-state index contributed by atoms with van der Waals surface area (Å²) in [6.07, 6.45) is 1.98. The molecule has 1 saturated carbocycles. The van der Waals surface area contributed by atoms with Crippen LogP contribution in [0.4, 0.5) is 0 Å². The van der Waals surface area contributed by atoms with Gasteiger partial charge in [-0.15, -0.1) is 0 Å². The number of ether oxygens (including phenoxy) is 1. The van der Waals surface area contributed by atoms with E-state index in [1.165, 1.54) is 13.2 Å². The Kier molecular flexibility index (Phi) is 4.44. The number of sulfonamides is 1. The van der Waals surface area contributed by atoms with Gasteiger partial charge in [0.2, 0.25) is 10.0 Å². The lowest BCUT2D eigenvalue weighted by Crippen LogP contribution is -2.29. The highest BCUT2D eigenvalue weighted by Crippen LogP contribution is 2.26. The minimum atomic E-state index is -3.56. The van der Waals surface area contributed by atoms with Gasteiger partial charge in [0.25, 0.3) is 0 Å². The van der Waals surface area contributed by atoms with Crippen molar-refractivity contribution in [3.8, 4) is 5.75 Å². The van der Waals surface area contributed by atoms with Crippen LogP contribution in [0.25, 0.3) is 0 Å². The molecule has 1 aliphatic rings. The molecule has 1 fully saturated rings. The normalized spacial score (nSPS) is 23.5. The van der Waals surface area contributed by atoms with Crippen LogP contribution in [-0.4, -0.2) is 33.3 Å². The van der Waals surface area contributed by atoms with Gasteiger partial charge in [-0.2, -0.15) is 0 Å². The number of para-hydroxylation sites is 1. The van der Waals surface area contributed by atoms with Crippen molar-refractivity contribution in [1.29, 1.82) is 0 Å². The van der Waals surface area contributed by atoms with Crippen LogP contribution in [0.1, 0.15) is 19.3 Å². The van der Waals surface area contributed by atoms with Crippen LogP contribution in [0.15, 0.2) is 29.2 Å². The Labute approximate surface area is 113 Å². The molecule has 1 aromatic carbocycles. The molecular formula is C13H19NO4S. The largest absolute Gasteiger partial charge is 0.495 e. The summed E-state index contributed by atoms with van der Waals surface area (Å²) in [5, 5.41) is 9.43. The lowest BCUT2D eigenvalue weighted by Gasteiger charge is -2.13. The van der Waals surface area contributed by atoms with E-state index < -0.39 is 10.0 Å². The van der Waals surface area contributed by atoms with Gasteiger partial charge in [0.15, 0.2) is 0 Å². The van der Waals surface area contributed by atoms with Gasteiger partial charge < -0.3 is 9.84 Å². The van der Waals surface area contributed by atoms with Crippen LogP contribution in [-0.2, 0) is 10.0 Å². The highest BCUT2D eigenvalue weighted by molar-refractivity contribution is 7.89. The quantitative estimate of drug-likeness (QED) is 0.850. The molecule has 0 heterocycles. The van der Waals surface area contributed by atoms with Crippen LogP contribution in [0.2, 0.25) is 0 Å². The maximum absolute atomic E-state index is 12.2. The third-order valence-corrected chi connectivity index (χ3v) is 4.90. The summed E-state index contributed by atoms with van der Waals surface area (Å²) in [7, 11) is -2.12. The number of hydrogen-bond donors (Lipinski definition) is 2. The van der Waals surface area contributed by atoms with Crippen molar-refractivity contribution in [2.75, 3.05) is 13.7 Å². The summed E-state index contributed by atoms with van der Waals surface area (Å²) >= 11 is 0. The number of methoxy groups -OCH3 is 1. The summed E-state index contributed by atoms with van der Waals surface area (Å²) in [4.78, 5) is 0.149. The zero-order valence-corrected chi connectivity index (χ0v) is 11.7. The van der Waals surface area contributed by atoms with E-state index in [0.29, 0.717) is 18.7 Å². The van der Waals surface area contributed by atoms with Crippen LogP contribution in [0.5, 0.6) is 5.75 Å². The van der Waals surface area contributed by atoms with Crippen LogP contribution in [0.3, 0.4) is 0 Å². The second kappa shape index (κ2) is 5.90. The van der Waals surface area contributed by atoms with E-state index in [1.54, 1.807) is 18.2 Å². The van der Waals surface area contributed by atoms with Gasteiger partial charge in [0, 0.05) is 6.54 Å². The Balaban J connectivity index is 2.06. The molecule has 0 aromatic heterocycles. The molecule has 0 spiro atoms. The van der Waals surface area contributed by atoms with Crippen molar-refractivity contribution in [3.63, 3.8) is 0 Å². The highest BCUT2D eigenvalue weighted by Gasteiger charge is 2.25. The van der Waals surface area contributed by atoms with Crippen LogP contribution in [0, 0.1) is 5.92 Å². The zero-order valence-electron chi connectivity index (χ0n) is 10.9. The number of benzene rings is 1. The van der Waals surface area contributed by atoms with Crippen molar-refractivity contribution < 1.29 is 18.3 Å². The first kappa shape index (κ1) is 14.3. The van der Waals surface area contributed by atoms with Gasteiger partial charge in [-0.25, -0.2) is 13.1 Å². The van der Waals surface area contributed by atoms with E-state index in [9.17, 15) is 13.5 Å². The van der Waals surface area contributed by atoms with E-state index >= 15 is 0 Å². The van der Waals surface area contributed by atoms with Gasteiger partial charge in [-0.05, 0) is 37.3 Å². The first-order valence-electron chi connectivity index (χ1n) is 6.33. The van der Waals surface area contributed by atoms with Crippen molar-refractivity contribution in [2.45, 2.75) is 30.3 Å².